The molecule has 1 aliphatic carbocycles. The number of aromatic nitrogens is 3. The molecule has 6 nitrogen and oxygen atoms in total. The Hall–Kier alpha value is -2.11. The number of aryl methyl sites for hydroxylation is 1. The molecule has 0 bridgehead atoms. The molecule has 2 aromatic heterocycles. The van der Waals surface area contributed by atoms with Gasteiger partial charge in [-0.1, -0.05) is 45.2 Å². The number of ketones is 1. The van der Waals surface area contributed by atoms with E-state index >= 15 is 0 Å². The maximum Gasteiger partial charge on any atom is 0.270 e. The molecular weight excluding hydrogens is 366 g/mol. The Balaban J connectivity index is 1.81. The quantitative estimate of drug-likeness (QED) is 0.658. The van der Waals surface area contributed by atoms with Gasteiger partial charge in [0.2, 0.25) is 0 Å². The van der Waals surface area contributed by atoms with Crippen molar-refractivity contribution >= 4 is 5.78 Å². The van der Waals surface area contributed by atoms with E-state index in [0.717, 1.165) is 55.5 Å². The molecule has 0 amide bonds. The van der Waals surface area contributed by atoms with E-state index in [2.05, 4.69) is 25.9 Å². The van der Waals surface area contributed by atoms with Crippen molar-refractivity contribution in [2.75, 3.05) is 0 Å². The van der Waals surface area contributed by atoms with Crippen LogP contribution in [0.2, 0.25) is 0 Å². The Morgan fingerprint density at radius 1 is 1.17 bits per heavy atom. The molecule has 0 aromatic carbocycles. The van der Waals surface area contributed by atoms with Crippen LogP contribution in [0.5, 0.6) is 0 Å². The standard InChI is InChI=1S/C23H35N3O3/c1-15-20(12-13-23(3,4)5)29-24-21(15)19(27)14-18-16(2)25(6)26(22(18)28)17-10-8-7-9-11-17/h17H,7-14H2,1-6H3. The molecular formula is C23H35N3O3. The summed E-state index contributed by atoms with van der Waals surface area (Å²) in [6.45, 7) is 10.4. The van der Waals surface area contributed by atoms with Crippen LogP contribution in [0.3, 0.4) is 0 Å². The van der Waals surface area contributed by atoms with E-state index in [1.807, 2.05) is 30.3 Å². The fourth-order valence-corrected chi connectivity index (χ4v) is 4.32. The van der Waals surface area contributed by atoms with Crippen LogP contribution < -0.4 is 5.56 Å². The lowest BCUT2D eigenvalue weighted by Crippen LogP contribution is -2.29. The molecule has 0 atom stereocenters. The minimum atomic E-state index is -0.144. The molecule has 0 spiro atoms. The van der Waals surface area contributed by atoms with Crippen molar-refractivity contribution in [3.05, 3.63) is 38.6 Å². The molecule has 0 radical (unpaired) electrons. The van der Waals surface area contributed by atoms with Gasteiger partial charge in [0.15, 0.2) is 11.5 Å². The normalized spacial score (nSPS) is 15.8. The minimum Gasteiger partial charge on any atom is -0.360 e. The lowest BCUT2D eigenvalue weighted by molar-refractivity contribution is 0.0983. The second kappa shape index (κ2) is 8.33. The van der Waals surface area contributed by atoms with Gasteiger partial charge < -0.3 is 4.52 Å². The first-order chi connectivity index (χ1) is 13.6. The Bertz CT molecular complexity index is 934. The van der Waals surface area contributed by atoms with Gasteiger partial charge in [-0.2, -0.15) is 0 Å². The van der Waals surface area contributed by atoms with Crippen molar-refractivity contribution < 1.29 is 9.32 Å². The maximum atomic E-state index is 13.1. The van der Waals surface area contributed by atoms with Crippen LogP contribution in [-0.4, -0.2) is 20.3 Å². The molecule has 0 saturated heterocycles. The summed E-state index contributed by atoms with van der Waals surface area (Å²) in [5.74, 6) is 0.627. The first kappa shape index (κ1) is 21.6. The number of hydrogen-bond donors (Lipinski definition) is 0. The summed E-state index contributed by atoms with van der Waals surface area (Å²) in [5.41, 5.74) is 2.78. The topological polar surface area (TPSA) is 70.0 Å². The summed E-state index contributed by atoms with van der Waals surface area (Å²) in [4.78, 5) is 26.1. The number of carbonyl (C=O) groups is 1. The van der Waals surface area contributed by atoms with Crippen LogP contribution in [0.1, 0.15) is 98.4 Å². The molecule has 160 valence electrons. The lowest BCUT2D eigenvalue weighted by Gasteiger charge is -2.24. The van der Waals surface area contributed by atoms with E-state index in [1.54, 1.807) is 0 Å². The Labute approximate surface area is 173 Å². The zero-order chi connectivity index (χ0) is 21.3. The molecule has 3 rings (SSSR count). The van der Waals surface area contributed by atoms with Crippen molar-refractivity contribution in [2.45, 2.75) is 92.0 Å². The van der Waals surface area contributed by atoms with Crippen molar-refractivity contribution in [2.24, 2.45) is 12.5 Å². The van der Waals surface area contributed by atoms with Gasteiger partial charge in [0, 0.05) is 36.7 Å². The third-order valence-corrected chi connectivity index (χ3v) is 6.36. The zero-order valence-electron chi connectivity index (χ0n) is 18.8. The van der Waals surface area contributed by atoms with Crippen molar-refractivity contribution in [1.82, 2.24) is 14.5 Å². The third kappa shape index (κ3) is 4.57. The highest BCUT2D eigenvalue weighted by molar-refractivity contribution is 5.97. The highest BCUT2D eigenvalue weighted by Crippen LogP contribution is 2.28. The number of carbonyl (C=O) groups excluding carboxylic acids is 1. The predicted molar refractivity (Wildman–Crippen MR) is 114 cm³/mol. The second-order valence-corrected chi connectivity index (χ2v) is 9.77. The van der Waals surface area contributed by atoms with Gasteiger partial charge in [-0.3, -0.25) is 14.3 Å². The molecule has 0 N–H and O–H groups in total. The zero-order valence-corrected chi connectivity index (χ0v) is 18.8. The predicted octanol–water partition coefficient (Wildman–Crippen LogP) is 4.70. The van der Waals surface area contributed by atoms with Gasteiger partial charge in [0.05, 0.1) is 6.04 Å². The number of rotatable bonds is 6. The number of hydrogen-bond acceptors (Lipinski definition) is 4. The third-order valence-electron chi connectivity index (χ3n) is 6.36. The van der Waals surface area contributed by atoms with Gasteiger partial charge in [0.25, 0.3) is 5.56 Å². The smallest absolute Gasteiger partial charge is 0.270 e. The van der Waals surface area contributed by atoms with Crippen LogP contribution in [0.15, 0.2) is 9.32 Å². The largest absolute Gasteiger partial charge is 0.360 e. The average molecular weight is 402 g/mol. The first-order valence-corrected chi connectivity index (χ1v) is 10.9. The SMILES string of the molecule is Cc1c(C(=O)Cc2c(C)n(C)n(C3CCCCC3)c2=O)noc1CCC(C)(C)C. The molecule has 2 heterocycles. The summed E-state index contributed by atoms with van der Waals surface area (Å²) in [5, 5.41) is 4.05. The molecule has 29 heavy (non-hydrogen) atoms. The number of Topliss-reactive ketones (excluding diaryl/α,β-unsaturated/α-hetero) is 1. The van der Waals surface area contributed by atoms with Gasteiger partial charge in [0.1, 0.15) is 5.76 Å². The summed E-state index contributed by atoms with van der Waals surface area (Å²) in [6.07, 6.45) is 7.41. The maximum absolute atomic E-state index is 13.1. The monoisotopic (exact) mass is 401 g/mol. The summed E-state index contributed by atoms with van der Waals surface area (Å²) < 4.78 is 9.27. The molecule has 6 heteroatoms. The van der Waals surface area contributed by atoms with E-state index in [0.29, 0.717) is 11.3 Å². The molecule has 0 unspecified atom stereocenters. The van der Waals surface area contributed by atoms with E-state index in [1.165, 1.54) is 6.42 Å². The molecule has 1 saturated carbocycles. The van der Waals surface area contributed by atoms with Crippen molar-refractivity contribution in [3.8, 4) is 0 Å². The lowest BCUT2D eigenvalue weighted by atomic mass is 9.89. The average Bonchev–Trinajstić information content (AvgIpc) is 3.13. The van der Waals surface area contributed by atoms with E-state index in [-0.39, 0.29) is 29.2 Å². The molecule has 1 fully saturated rings. The Morgan fingerprint density at radius 2 is 1.83 bits per heavy atom. The van der Waals surface area contributed by atoms with Gasteiger partial charge in [-0.25, -0.2) is 4.68 Å². The second-order valence-electron chi connectivity index (χ2n) is 9.77. The van der Waals surface area contributed by atoms with Gasteiger partial charge >= 0.3 is 0 Å². The van der Waals surface area contributed by atoms with Crippen molar-refractivity contribution in [1.29, 1.82) is 0 Å². The molecule has 2 aromatic rings. The highest BCUT2D eigenvalue weighted by atomic mass is 16.5. The van der Waals surface area contributed by atoms with Gasteiger partial charge in [-0.05, 0) is 38.5 Å². The fourth-order valence-electron chi connectivity index (χ4n) is 4.32. The van der Waals surface area contributed by atoms with Crippen LogP contribution in [0, 0.1) is 19.3 Å². The van der Waals surface area contributed by atoms with E-state index in [4.69, 9.17) is 4.52 Å². The Morgan fingerprint density at radius 3 is 2.45 bits per heavy atom. The van der Waals surface area contributed by atoms with E-state index in [9.17, 15) is 9.59 Å². The minimum absolute atomic E-state index is 0.0284. The first-order valence-electron chi connectivity index (χ1n) is 10.9. The Kier molecular flexibility index (Phi) is 6.20. The number of nitrogens with zero attached hydrogens (tertiary/aromatic N) is 3. The fraction of sp³-hybridized carbons (Fsp3) is 0.696. The van der Waals surface area contributed by atoms with Crippen LogP contribution in [0.4, 0.5) is 0 Å². The van der Waals surface area contributed by atoms with E-state index < -0.39 is 0 Å². The van der Waals surface area contributed by atoms with Crippen LogP contribution >= 0.6 is 0 Å². The van der Waals surface area contributed by atoms with Crippen molar-refractivity contribution in [3.63, 3.8) is 0 Å². The van der Waals surface area contributed by atoms with Crippen LogP contribution in [0.25, 0.3) is 0 Å². The molecule has 1 aliphatic rings. The summed E-state index contributed by atoms with van der Waals surface area (Å²) in [6, 6.07) is 0.238. The molecule has 0 aliphatic heterocycles. The highest BCUT2D eigenvalue weighted by Gasteiger charge is 2.26. The van der Waals surface area contributed by atoms with Gasteiger partial charge in [-0.15, -0.1) is 0 Å². The summed E-state index contributed by atoms with van der Waals surface area (Å²) >= 11 is 0. The van der Waals surface area contributed by atoms with Crippen LogP contribution in [-0.2, 0) is 19.9 Å². The summed E-state index contributed by atoms with van der Waals surface area (Å²) in [7, 11) is 1.92.